The van der Waals surface area contributed by atoms with E-state index < -0.39 is 0 Å². The zero-order valence-corrected chi connectivity index (χ0v) is 16.2. The first-order valence-corrected chi connectivity index (χ1v) is 9.75. The highest BCUT2D eigenvalue weighted by atomic mass is 16.1. The number of nitrogens with zero attached hydrogens (tertiary/aromatic N) is 5. The lowest BCUT2D eigenvalue weighted by Crippen LogP contribution is -2.38. The van der Waals surface area contributed by atoms with Gasteiger partial charge < -0.3 is 9.88 Å². The third-order valence-electron chi connectivity index (χ3n) is 5.39. The number of piperidine rings is 1. The quantitative estimate of drug-likeness (QED) is 0.714. The highest BCUT2D eigenvalue weighted by molar-refractivity contribution is 5.92. The van der Waals surface area contributed by atoms with Crippen LogP contribution in [0.5, 0.6) is 0 Å². The number of amides is 1. The molecule has 0 radical (unpaired) electrons. The molecule has 28 heavy (non-hydrogen) atoms. The standard InChI is InChI=1S/C21H26N6O/c1-25-16-22-14-20(25)21(28)23-13-17-6-10-26(11-7-17)15-18-4-2-5-19(12-18)27-9-3-8-24-27/h2-5,8-9,12,14,16-17H,6-7,10-11,13,15H2,1H3,(H,23,28). The summed E-state index contributed by atoms with van der Waals surface area (Å²) in [4.78, 5) is 18.7. The molecular weight excluding hydrogens is 352 g/mol. The summed E-state index contributed by atoms with van der Waals surface area (Å²) in [6, 6.07) is 10.5. The molecule has 1 fully saturated rings. The predicted molar refractivity (Wildman–Crippen MR) is 107 cm³/mol. The maximum absolute atomic E-state index is 12.2. The van der Waals surface area contributed by atoms with Gasteiger partial charge in [-0.05, 0) is 55.6 Å². The van der Waals surface area contributed by atoms with Crippen LogP contribution in [0, 0.1) is 5.92 Å². The van der Waals surface area contributed by atoms with Crippen molar-refractivity contribution in [1.29, 1.82) is 0 Å². The minimum absolute atomic E-state index is 0.0436. The van der Waals surface area contributed by atoms with Crippen LogP contribution in [0.3, 0.4) is 0 Å². The van der Waals surface area contributed by atoms with Crippen molar-refractivity contribution in [2.24, 2.45) is 13.0 Å². The third kappa shape index (κ3) is 4.31. The molecule has 146 valence electrons. The lowest BCUT2D eigenvalue weighted by atomic mass is 9.96. The van der Waals surface area contributed by atoms with Gasteiger partial charge in [0, 0.05) is 32.5 Å². The lowest BCUT2D eigenvalue weighted by Gasteiger charge is -2.32. The molecule has 1 aliphatic heterocycles. The summed E-state index contributed by atoms with van der Waals surface area (Å²) in [5.41, 5.74) is 3.00. The van der Waals surface area contributed by atoms with Gasteiger partial charge in [0.25, 0.3) is 5.91 Å². The van der Waals surface area contributed by atoms with Crippen molar-refractivity contribution in [2.45, 2.75) is 19.4 Å². The first-order valence-electron chi connectivity index (χ1n) is 9.75. The number of aryl methyl sites for hydroxylation is 1. The number of carbonyl (C=O) groups is 1. The number of imidazole rings is 1. The van der Waals surface area contributed by atoms with Crippen LogP contribution >= 0.6 is 0 Å². The number of benzene rings is 1. The smallest absolute Gasteiger partial charge is 0.269 e. The van der Waals surface area contributed by atoms with Crippen molar-refractivity contribution in [2.75, 3.05) is 19.6 Å². The molecule has 2 aromatic heterocycles. The maximum atomic E-state index is 12.2. The number of likely N-dealkylation sites (tertiary alicyclic amines) is 1. The molecular formula is C21H26N6O. The van der Waals surface area contributed by atoms with E-state index in [-0.39, 0.29) is 5.91 Å². The molecule has 4 rings (SSSR count). The molecule has 1 aliphatic rings. The number of hydrogen-bond acceptors (Lipinski definition) is 4. The molecule has 1 saturated heterocycles. The number of carbonyl (C=O) groups excluding carboxylic acids is 1. The van der Waals surface area contributed by atoms with Gasteiger partial charge in [0.2, 0.25) is 0 Å². The Hall–Kier alpha value is -2.93. The molecule has 7 nitrogen and oxygen atoms in total. The fourth-order valence-electron chi connectivity index (χ4n) is 3.73. The summed E-state index contributed by atoms with van der Waals surface area (Å²) in [5, 5.41) is 7.36. The molecule has 1 amide bonds. The van der Waals surface area contributed by atoms with Crippen LogP contribution in [0.15, 0.2) is 55.2 Å². The molecule has 0 aliphatic carbocycles. The highest BCUT2D eigenvalue weighted by Crippen LogP contribution is 2.19. The Morgan fingerprint density at radius 1 is 1.25 bits per heavy atom. The van der Waals surface area contributed by atoms with E-state index in [9.17, 15) is 4.79 Å². The molecule has 3 aromatic rings. The lowest BCUT2D eigenvalue weighted by molar-refractivity contribution is 0.0927. The fraction of sp³-hybridized carbons (Fsp3) is 0.381. The number of aromatic nitrogens is 4. The first kappa shape index (κ1) is 18.4. The van der Waals surface area contributed by atoms with Gasteiger partial charge in [0.1, 0.15) is 5.69 Å². The van der Waals surface area contributed by atoms with Crippen LogP contribution in [-0.4, -0.2) is 49.8 Å². The second-order valence-corrected chi connectivity index (χ2v) is 7.44. The summed E-state index contributed by atoms with van der Waals surface area (Å²) < 4.78 is 3.63. The molecule has 0 saturated carbocycles. The molecule has 0 atom stereocenters. The van der Waals surface area contributed by atoms with Crippen LogP contribution in [0.25, 0.3) is 5.69 Å². The van der Waals surface area contributed by atoms with Crippen LogP contribution in [0.2, 0.25) is 0 Å². The van der Waals surface area contributed by atoms with E-state index in [1.54, 1.807) is 23.3 Å². The Kier molecular flexibility index (Phi) is 5.53. The minimum Gasteiger partial charge on any atom is -0.350 e. The van der Waals surface area contributed by atoms with Crippen molar-refractivity contribution >= 4 is 5.91 Å². The van der Waals surface area contributed by atoms with Crippen molar-refractivity contribution in [3.63, 3.8) is 0 Å². The van der Waals surface area contributed by atoms with Gasteiger partial charge in [-0.1, -0.05) is 12.1 Å². The van der Waals surface area contributed by atoms with Crippen molar-refractivity contribution in [1.82, 2.24) is 29.5 Å². The normalized spacial score (nSPS) is 15.6. The molecule has 3 heterocycles. The first-order chi connectivity index (χ1) is 13.7. The minimum atomic E-state index is -0.0436. The maximum Gasteiger partial charge on any atom is 0.269 e. The Labute approximate surface area is 165 Å². The van der Waals surface area contributed by atoms with Gasteiger partial charge in [-0.3, -0.25) is 9.69 Å². The molecule has 0 spiro atoms. The van der Waals surface area contributed by atoms with E-state index in [4.69, 9.17) is 0 Å². The van der Waals surface area contributed by atoms with Crippen LogP contribution < -0.4 is 5.32 Å². The van der Waals surface area contributed by atoms with Crippen molar-refractivity contribution in [3.8, 4) is 5.69 Å². The summed E-state index contributed by atoms with van der Waals surface area (Å²) in [6.07, 6.45) is 9.22. The van der Waals surface area contributed by atoms with E-state index in [0.29, 0.717) is 11.6 Å². The summed E-state index contributed by atoms with van der Waals surface area (Å²) >= 11 is 0. The van der Waals surface area contributed by atoms with Gasteiger partial charge in [0.15, 0.2) is 0 Å². The van der Waals surface area contributed by atoms with Gasteiger partial charge in [0.05, 0.1) is 18.2 Å². The summed E-state index contributed by atoms with van der Waals surface area (Å²) in [7, 11) is 1.84. The average Bonchev–Trinajstić information content (AvgIpc) is 3.39. The fourth-order valence-corrected chi connectivity index (χ4v) is 3.73. The SMILES string of the molecule is Cn1cncc1C(=O)NCC1CCN(Cc2cccc(-n3cccn3)c2)CC1. The Bertz CT molecular complexity index is 909. The summed E-state index contributed by atoms with van der Waals surface area (Å²) in [6.45, 7) is 3.78. The molecule has 7 heteroatoms. The largest absolute Gasteiger partial charge is 0.350 e. The van der Waals surface area contributed by atoms with Gasteiger partial charge >= 0.3 is 0 Å². The van der Waals surface area contributed by atoms with Crippen LogP contribution in [0.1, 0.15) is 28.9 Å². The van der Waals surface area contributed by atoms with E-state index in [1.807, 2.05) is 24.0 Å². The number of nitrogens with one attached hydrogen (secondary N) is 1. The average molecular weight is 378 g/mol. The molecule has 1 aromatic carbocycles. The zero-order valence-electron chi connectivity index (χ0n) is 16.2. The van der Waals surface area contributed by atoms with Gasteiger partial charge in [-0.15, -0.1) is 0 Å². The van der Waals surface area contributed by atoms with E-state index in [2.05, 4.69) is 44.6 Å². The third-order valence-corrected chi connectivity index (χ3v) is 5.39. The number of rotatable bonds is 6. The van der Waals surface area contributed by atoms with Crippen molar-refractivity contribution < 1.29 is 4.79 Å². The second-order valence-electron chi connectivity index (χ2n) is 7.44. The molecule has 0 unspecified atom stereocenters. The Morgan fingerprint density at radius 3 is 2.82 bits per heavy atom. The topological polar surface area (TPSA) is 68.0 Å². The monoisotopic (exact) mass is 378 g/mol. The van der Waals surface area contributed by atoms with Crippen molar-refractivity contribution in [3.05, 3.63) is 66.5 Å². The van der Waals surface area contributed by atoms with E-state index >= 15 is 0 Å². The van der Waals surface area contributed by atoms with Gasteiger partial charge in [-0.25, -0.2) is 9.67 Å². The Balaban J connectivity index is 1.25. The second kappa shape index (κ2) is 8.39. The highest BCUT2D eigenvalue weighted by Gasteiger charge is 2.20. The summed E-state index contributed by atoms with van der Waals surface area (Å²) in [5.74, 6) is 0.488. The predicted octanol–water partition coefficient (Wildman–Crippen LogP) is 2.25. The van der Waals surface area contributed by atoms with Crippen LogP contribution in [-0.2, 0) is 13.6 Å². The zero-order chi connectivity index (χ0) is 19.3. The van der Waals surface area contributed by atoms with E-state index in [0.717, 1.165) is 44.7 Å². The number of hydrogen-bond donors (Lipinski definition) is 1. The van der Waals surface area contributed by atoms with E-state index in [1.165, 1.54) is 5.56 Å². The van der Waals surface area contributed by atoms with Crippen LogP contribution in [0.4, 0.5) is 0 Å². The molecule has 1 N–H and O–H groups in total. The Morgan fingerprint density at radius 2 is 2.11 bits per heavy atom. The molecule has 0 bridgehead atoms. The van der Waals surface area contributed by atoms with Gasteiger partial charge in [-0.2, -0.15) is 5.10 Å².